The standard InChI is InChI=1S/C17H27N3O2/c1-13(2)16-5-4-14(12-19-16)17(22)18-8-3-9-20-10-6-15(21)7-11-20/h4-5,12-13,15,21H,3,6-11H2,1-2H3,(H,18,22). The number of rotatable bonds is 6. The number of amides is 1. The second kappa shape index (κ2) is 8.25. The molecule has 1 fully saturated rings. The normalized spacial score (nSPS) is 16.9. The number of nitrogens with one attached hydrogen (secondary N) is 1. The van der Waals surface area contributed by atoms with Crippen molar-refractivity contribution in [3.63, 3.8) is 0 Å². The number of aromatic nitrogens is 1. The summed E-state index contributed by atoms with van der Waals surface area (Å²) >= 11 is 0. The van der Waals surface area contributed by atoms with Gasteiger partial charge in [-0.2, -0.15) is 0 Å². The van der Waals surface area contributed by atoms with Gasteiger partial charge < -0.3 is 15.3 Å². The number of hydrogen-bond acceptors (Lipinski definition) is 4. The maximum atomic E-state index is 12.0. The van der Waals surface area contributed by atoms with E-state index in [1.165, 1.54) is 0 Å². The fraction of sp³-hybridized carbons (Fsp3) is 0.647. The van der Waals surface area contributed by atoms with Crippen LogP contribution in [0.3, 0.4) is 0 Å². The Balaban J connectivity index is 1.67. The van der Waals surface area contributed by atoms with Gasteiger partial charge in [0.1, 0.15) is 0 Å². The van der Waals surface area contributed by atoms with Gasteiger partial charge in [0, 0.05) is 31.5 Å². The highest BCUT2D eigenvalue weighted by molar-refractivity contribution is 5.93. The van der Waals surface area contributed by atoms with Gasteiger partial charge in [-0.1, -0.05) is 13.8 Å². The monoisotopic (exact) mass is 305 g/mol. The van der Waals surface area contributed by atoms with E-state index in [0.717, 1.165) is 44.6 Å². The summed E-state index contributed by atoms with van der Waals surface area (Å²) in [6.45, 7) is 7.72. The largest absolute Gasteiger partial charge is 0.393 e. The molecule has 0 aliphatic carbocycles. The third-order valence-corrected chi connectivity index (χ3v) is 4.13. The van der Waals surface area contributed by atoms with Gasteiger partial charge in [0.05, 0.1) is 11.7 Å². The van der Waals surface area contributed by atoms with E-state index in [4.69, 9.17) is 0 Å². The van der Waals surface area contributed by atoms with Crippen LogP contribution in [-0.2, 0) is 0 Å². The zero-order valence-electron chi connectivity index (χ0n) is 13.6. The van der Waals surface area contributed by atoms with Crippen LogP contribution in [-0.4, -0.2) is 53.2 Å². The average Bonchev–Trinajstić information content (AvgIpc) is 2.53. The molecular formula is C17H27N3O2. The van der Waals surface area contributed by atoms with Crippen molar-refractivity contribution < 1.29 is 9.90 Å². The summed E-state index contributed by atoms with van der Waals surface area (Å²) in [5.74, 6) is 0.317. The third kappa shape index (κ3) is 5.07. The van der Waals surface area contributed by atoms with Gasteiger partial charge in [-0.25, -0.2) is 0 Å². The lowest BCUT2D eigenvalue weighted by Crippen LogP contribution is -2.37. The molecule has 1 saturated heterocycles. The molecule has 0 radical (unpaired) electrons. The second-order valence-electron chi connectivity index (χ2n) is 6.31. The summed E-state index contributed by atoms with van der Waals surface area (Å²) in [4.78, 5) is 18.7. The third-order valence-electron chi connectivity index (χ3n) is 4.13. The first-order valence-electron chi connectivity index (χ1n) is 8.21. The number of piperidine rings is 1. The molecule has 1 aliphatic rings. The van der Waals surface area contributed by atoms with Gasteiger partial charge >= 0.3 is 0 Å². The van der Waals surface area contributed by atoms with Crippen molar-refractivity contribution in [1.82, 2.24) is 15.2 Å². The molecule has 0 bridgehead atoms. The van der Waals surface area contributed by atoms with E-state index >= 15 is 0 Å². The van der Waals surface area contributed by atoms with Crippen molar-refractivity contribution in [3.05, 3.63) is 29.6 Å². The molecule has 5 nitrogen and oxygen atoms in total. The highest BCUT2D eigenvalue weighted by Crippen LogP contribution is 2.11. The minimum Gasteiger partial charge on any atom is -0.393 e. The van der Waals surface area contributed by atoms with Gasteiger partial charge in [-0.05, 0) is 43.9 Å². The Bertz CT molecular complexity index is 465. The smallest absolute Gasteiger partial charge is 0.252 e. The summed E-state index contributed by atoms with van der Waals surface area (Å²) < 4.78 is 0. The summed E-state index contributed by atoms with van der Waals surface area (Å²) in [7, 11) is 0. The van der Waals surface area contributed by atoms with Crippen LogP contribution in [0.15, 0.2) is 18.3 Å². The Morgan fingerprint density at radius 3 is 2.73 bits per heavy atom. The van der Waals surface area contributed by atoms with Crippen LogP contribution in [0.2, 0.25) is 0 Å². The molecule has 2 heterocycles. The van der Waals surface area contributed by atoms with Crippen molar-refractivity contribution >= 4 is 5.91 Å². The number of pyridine rings is 1. The van der Waals surface area contributed by atoms with Crippen LogP contribution in [0, 0.1) is 0 Å². The minimum absolute atomic E-state index is 0.0585. The Morgan fingerprint density at radius 2 is 2.14 bits per heavy atom. The summed E-state index contributed by atoms with van der Waals surface area (Å²) in [5, 5.41) is 12.4. The minimum atomic E-state index is -0.128. The maximum absolute atomic E-state index is 12.0. The van der Waals surface area contributed by atoms with E-state index < -0.39 is 0 Å². The number of aliphatic hydroxyl groups is 1. The summed E-state index contributed by atoms with van der Waals surface area (Å²) in [5.41, 5.74) is 1.62. The summed E-state index contributed by atoms with van der Waals surface area (Å²) in [6.07, 6.45) is 4.17. The van der Waals surface area contributed by atoms with Gasteiger partial charge in [0.2, 0.25) is 0 Å². The Kier molecular flexibility index (Phi) is 6.34. The number of likely N-dealkylation sites (tertiary alicyclic amines) is 1. The lowest BCUT2D eigenvalue weighted by molar-refractivity contribution is 0.0816. The first-order chi connectivity index (χ1) is 10.6. The fourth-order valence-electron chi connectivity index (χ4n) is 2.63. The second-order valence-corrected chi connectivity index (χ2v) is 6.31. The van der Waals surface area contributed by atoms with Crippen LogP contribution in [0.4, 0.5) is 0 Å². The summed E-state index contributed by atoms with van der Waals surface area (Å²) in [6, 6.07) is 3.75. The molecule has 2 rings (SSSR count). The van der Waals surface area contributed by atoms with Crippen LogP contribution < -0.4 is 5.32 Å². The number of carbonyl (C=O) groups excluding carboxylic acids is 1. The van der Waals surface area contributed by atoms with Crippen molar-refractivity contribution in [2.45, 2.75) is 45.1 Å². The molecule has 0 atom stereocenters. The van der Waals surface area contributed by atoms with E-state index in [0.29, 0.717) is 18.0 Å². The van der Waals surface area contributed by atoms with E-state index in [1.54, 1.807) is 6.20 Å². The molecule has 0 unspecified atom stereocenters. The molecular weight excluding hydrogens is 278 g/mol. The Hall–Kier alpha value is -1.46. The molecule has 0 saturated carbocycles. The van der Waals surface area contributed by atoms with Gasteiger partial charge in [-0.15, -0.1) is 0 Å². The molecule has 1 amide bonds. The number of aliphatic hydroxyl groups excluding tert-OH is 1. The lowest BCUT2D eigenvalue weighted by atomic mass is 10.1. The van der Waals surface area contributed by atoms with Crippen molar-refractivity contribution in [2.75, 3.05) is 26.2 Å². The van der Waals surface area contributed by atoms with Crippen molar-refractivity contribution in [3.8, 4) is 0 Å². The van der Waals surface area contributed by atoms with Crippen LogP contribution in [0.1, 0.15) is 55.1 Å². The van der Waals surface area contributed by atoms with Gasteiger partial charge in [-0.3, -0.25) is 9.78 Å². The van der Waals surface area contributed by atoms with E-state index in [-0.39, 0.29) is 12.0 Å². The Morgan fingerprint density at radius 1 is 1.41 bits per heavy atom. The predicted octanol–water partition coefficient (Wildman–Crippen LogP) is 1.78. The molecule has 122 valence electrons. The molecule has 1 aliphatic heterocycles. The maximum Gasteiger partial charge on any atom is 0.252 e. The lowest BCUT2D eigenvalue weighted by Gasteiger charge is -2.29. The molecule has 1 aromatic heterocycles. The predicted molar refractivity (Wildman–Crippen MR) is 87.0 cm³/mol. The molecule has 0 spiro atoms. The highest BCUT2D eigenvalue weighted by Gasteiger charge is 2.16. The van der Waals surface area contributed by atoms with Crippen LogP contribution in [0.5, 0.6) is 0 Å². The van der Waals surface area contributed by atoms with Crippen molar-refractivity contribution in [1.29, 1.82) is 0 Å². The van der Waals surface area contributed by atoms with Crippen molar-refractivity contribution in [2.24, 2.45) is 0 Å². The van der Waals surface area contributed by atoms with E-state index in [1.807, 2.05) is 12.1 Å². The Labute approximate surface area is 132 Å². The van der Waals surface area contributed by atoms with Crippen LogP contribution >= 0.6 is 0 Å². The first kappa shape index (κ1) is 16.9. The topological polar surface area (TPSA) is 65.5 Å². The molecule has 0 aromatic carbocycles. The zero-order valence-corrected chi connectivity index (χ0v) is 13.6. The highest BCUT2D eigenvalue weighted by atomic mass is 16.3. The quantitative estimate of drug-likeness (QED) is 0.786. The van der Waals surface area contributed by atoms with E-state index in [2.05, 4.69) is 29.0 Å². The zero-order chi connectivity index (χ0) is 15.9. The molecule has 2 N–H and O–H groups in total. The molecule has 22 heavy (non-hydrogen) atoms. The fourth-order valence-corrected chi connectivity index (χ4v) is 2.63. The average molecular weight is 305 g/mol. The van der Waals surface area contributed by atoms with Gasteiger partial charge in [0.15, 0.2) is 0 Å². The van der Waals surface area contributed by atoms with E-state index in [9.17, 15) is 9.90 Å². The molecule has 1 aromatic rings. The van der Waals surface area contributed by atoms with Crippen LogP contribution in [0.25, 0.3) is 0 Å². The first-order valence-corrected chi connectivity index (χ1v) is 8.21. The SMILES string of the molecule is CC(C)c1ccc(C(=O)NCCCN2CCC(O)CC2)cn1. The molecule has 5 heteroatoms. The number of hydrogen-bond donors (Lipinski definition) is 2. The van der Waals surface area contributed by atoms with Gasteiger partial charge in [0.25, 0.3) is 5.91 Å². The number of nitrogens with zero attached hydrogens (tertiary/aromatic N) is 2. The number of carbonyl (C=O) groups is 1.